The Hall–Kier alpha value is 0.857. The van der Waals surface area contributed by atoms with E-state index < -0.39 is 14.0 Å². The second-order valence-electron chi connectivity index (χ2n) is 1.51. The predicted octanol–water partition coefficient (Wildman–Crippen LogP) is -0.701. The van der Waals surface area contributed by atoms with Crippen molar-refractivity contribution in [2.45, 2.75) is 3.92 Å². The molecule has 1 unspecified atom stereocenters. The van der Waals surface area contributed by atoms with Gasteiger partial charge in [-0.1, -0.05) is 0 Å². The van der Waals surface area contributed by atoms with Crippen LogP contribution in [0.25, 0.3) is 0 Å². The molecule has 3 nitrogen and oxygen atoms in total. The second-order valence-corrected chi connectivity index (χ2v) is 3.71. The van der Waals surface area contributed by atoms with Gasteiger partial charge in [-0.25, -0.2) is 0 Å². The van der Waals surface area contributed by atoms with Crippen molar-refractivity contribution in [3.05, 3.63) is 0 Å². The molecule has 6 heteroatoms. The Morgan fingerprint density at radius 2 is 2.12 bits per heavy atom. The third kappa shape index (κ3) is 3.00. The van der Waals surface area contributed by atoms with E-state index in [9.17, 15) is 8.42 Å². The summed E-state index contributed by atoms with van der Waals surface area (Å²) in [5.41, 5.74) is 0. The van der Waals surface area contributed by atoms with Crippen molar-refractivity contribution in [1.29, 1.82) is 0 Å². The quantitative estimate of drug-likeness (QED) is 0.309. The number of thiol groups is 1. The predicted molar refractivity (Wildman–Crippen MR) is 34.9 cm³/mol. The van der Waals surface area contributed by atoms with Gasteiger partial charge in [-0.15, -0.1) is 0 Å². The van der Waals surface area contributed by atoms with Crippen LogP contribution < -0.4 is 0 Å². The maximum absolute atomic E-state index is 10.1. The molecule has 1 atom stereocenters. The van der Waals surface area contributed by atoms with Crippen LogP contribution in [-0.4, -0.2) is 40.4 Å². The van der Waals surface area contributed by atoms with Crippen LogP contribution >= 0.6 is 12.6 Å². The van der Waals surface area contributed by atoms with Crippen LogP contribution in [0.15, 0.2) is 0 Å². The van der Waals surface area contributed by atoms with Crippen LogP contribution in [0.1, 0.15) is 0 Å². The Morgan fingerprint density at radius 3 is 2.12 bits per heavy atom. The molecule has 0 amide bonds. The molecular formula is C2H5LiO3S2. The molecule has 0 aromatic rings. The van der Waals surface area contributed by atoms with Gasteiger partial charge in [0.2, 0.25) is 0 Å². The fraction of sp³-hybridized carbons (Fsp3) is 1.00. The Kier molecular flexibility index (Phi) is 3.47. The van der Waals surface area contributed by atoms with Crippen LogP contribution in [0.2, 0.25) is 0 Å². The van der Waals surface area contributed by atoms with Crippen LogP contribution in [0.5, 0.6) is 0 Å². The van der Waals surface area contributed by atoms with Crippen LogP contribution in [0.4, 0.5) is 0 Å². The molecule has 0 spiro atoms. The molecule has 44 valence electrons. The van der Waals surface area contributed by atoms with E-state index in [1.54, 1.807) is 0 Å². The van der Waals surface area contributed by atoms with Gasteiger partial charge in [-0.05, 0) is 0 Å². The van der Waals surface area contributed by atoms with Crippen LogP contribution in [-0.2, 0) is 10.1 Å². The zero-order valence-corrected chi connectivity index (χ0v) is 6.11. The molecule has 0 saturated carbocycles. The summed E-state index contributed by atoms with van der Waals surface area (Å²) in [6.45, 7) is 0. The van der Waals surface area contributed by atoms with Gasteiger partial charge in [-0.3, -0.25) is 0 Å². The molecule has 0 aromatic heterocycles. The zero-order valence-electron chi connectivity index (χ0n) is 4.40. The van der Waals surface area contributed by atoms with Crippen molar-refractivity contribution in [3.8, 4) is 0 Å². The van der Waals surface area contributed by atoms with E-state index in [1.165, 1.54) is 17.7 Å². The van der Waals surface area contributed by atoms with E-state index >= 15 is 0 Å². The van der Waals surface area contributed by atoms with E-state index in [1.807, 2.05) is 0 Å². The van der Waals surface area contributed by atoms with Crippen molar-refractivity contribution in [2.24, 2.45) is 0 Å². The molecule has 1 N–H and O–H groups in total. The Bertz CT molecular complexity index is 151. The van der Waals surface area contributed by atoms with Crippen molar-refractivity contribution in [3.63, 3.8) is 0 Å². The standard InChI is InChI=1S/C2H5O3S2.Li/c3-7(4,5)2-1-6;/h2,6H,1H2,(H,3,4,5);. The van der Waals surface area contributed by atoms with Gasteiger partial charge in [-0.2, -0.15) is 0 Å². The van der Waals surface area contributed by atoms with Crippen molar-refractivity contribution in [1.82, 2.24) is 0 Å². The van der Waals surface area contributed by atoms with Crippen LogP contribution in [0, 0.1) is 0 Å². The van der Waals surface area contributed by atoms with Crippen molar-refractivity contribution in [2.75, 3.05) is 5.75 Å². The van der Waals surface area contributed by atoms with Gasteiger partial charge in [0, 0.05) is 0 Å². The van der Waals surface area contributed by atoms with E-state index in [-0.39, 0.29) is 5.75 Å². The average Bonchev–Trinajstić information content (AvgIpc) is 1.62. The van der Waals surface area contributed by atoms with Gasteiger partial charge in [0.05, 0.1) is 0 Å². The molecule has 8 heavy (non-hydrogen) atoms. The molecule has 0 radical (unpaired) electrons. The van der Waals surface area contributed by atoms with Crippen molar-refractivity contribution < 1.29 is 13.0 Å². The molecule has 0 saturated heterocycles. The van der Waals surface area contributed by atoms with Gasteiger partial charge in [0.25, 0.3) is 0 Å². The molecule has 0 bridgehead atoms. The molecule has 0 aliphatic carbocycles. The fourth-order valence-electron chi connectivity index (χ4n) is 0.0942. The first-order valence-corrected chi connectivity index (χ1v) is 4.19. The second kappa shape index (κ2) is 3.13. The molecule has 0 aliphatic heterocycles. The molecule has 0 aromatic carbocycles. The Morgan fingerprint density at radius 1 is 1.75 bits per heavy atom. The molecular weight excluding hydrogens is 143 g/mol. The van der Waals surface area contributed by atoms with Gasteiger partial charge >= 0.3 is 63.1 Å². The number of rotatable bonds is 2. The summed E-state index contributed by atoms with van der Waals surface area (Å²) in [6.07, 6.45) is 0. The summed E-state index contributed by atoms with van der Waals surface area (Å²) in [5.74, 6) is 0.152. The third-order valence-corrected chi connectivity index (χ3v) is 2.74. The summed E-state index contributed by atoms with van der Waals surface area (Å²) in [5, 5.41) is 0. The summed E-state index contributed by atoms with van der Waals surface area (Å²) < 4.78 is 27.6. The monoisotopic (exact) mass is 148 g/mol. The van der Waals surface area contributed by atoms with Gasteiger partial charge in [0.1, 0.15) is 0 Å². The Labute approximate surface area is 63.2 Å². The Balaban J connectivity index is 4.04. The minimum atomic E-state index is -3.83. The molecule has 0 fully saturated rings. The number of hydrogen-bond acceptors (Lipinski definition) is 3. The van der Waals surface area contributed by atoms with E-state index in [0.29, 0.717) is 0 Å². The molecule has 0 rings (SSSR count). The van der Waals surface area contributed by atoms with Gasteiger partial charge in [0.15, 0.2) is 0 Å². The first kappa shape index (κ1) is 8.86. The SMILES string of the molecule is [Li][CH](CS)S(=O)(=O)O. The normalized spacial score (nSPS) is 16.0. The van der Waals surface area contributed by atoms with Crippen molar-refractivity contribution >= 4 is 40.5 Å². The summed E-state index contributed by atoms with van der Waals surface area (Å²) in [4.78, 5) is 0. The molecule has 0 heterocycles. The minimum absolute atomic E-state index is 0.152. The summed E-state index contributed by atoms with van der Waals surface area (Å²) >= 11 is 5.06. The number of hydrogen-bond donors (Lipinski definition) is 2. The topological polar surface area (TPSA) is 54.4 Å². The fourth-order valence-corrected chi connectivity index (χ4v) is 0.848. The van der Waals surface area contributed by atoms with E-state index in [2.05, 4.69) is 12.6 Å². The summed E-state index contributed by atoms with van der Waals surface area (Å²) in [7, 11) is -3.83. The van der Waals surface area contributed by atoms with Gasteiger partial charge < -0.3 is 0 Å². The first-order valence-electron chi connectivity index (χ1n) is 2.05. The van der Waals surface area contributed by atoms with E-state index in [4.69, 9.17) is 4.55 Å². The average molecular weight is 148 g/mol. The zero-order chi connectivity index (χ0) is 6.78. The molecule has 0 aliphatic rings. The van der Waals surface area contributed by atoms with E-state index in [0.717, 1.165) is 0 Å². The van der Waals surface area contributed by atoms with Crippen LogP contribution in [0.3, 0.4) is 0 Å². The third-order valence-electron chi connectivity index (χ3n) is 0.766. The maximum atomic E-state index is 10.1. The first-order chi connectivity index (χ1) is 3.48. The summed E-state index contributed by atoms with van der Waals surface area (Å²) in [6, 6.07) is 0.